The van der Waals surface area contributed by atoms with Crippen LogP contribution in [0, 0.1) is 11.3 Å². The predicted molar refractivity (Wildman–Crippen MR) is 61.6 cm³/mol. The number of nitrogens with zero attached hydrogens (tertiary/aromatic N) is 1. The number of hydrogen-bond acceptors (Lipinski definition) is 2. The maximum atomic E-state index is 8.61. The van der Waals surface area contributed by atoms with Gasteiger partial charge >= 0.3 is 0 Å². The third-order valence-corrected chi connectivity index (χ3v) is 3.17. The first-order valence-electron chi connectivity index (χ1n) is 4.30. The molecular formula is C11H15NOS. The average Bonchev–Trinajstić information content (AvgIpc) is 2.51. The molecule has 1 aromatic heterocycles. The number of furan rings is 1. The van der Waals surface area contributed by atoms with Crippen LogP contribution in [0.5, 0.6) is 0 Å². The molecule has 0 aliphatic carbocycles. The minimum Gasteiger partial charge on any atom is -0.452 e. The molecule has 2 nitrogen and oxygen atoms in total. The second-order valence-corrected chi connectivity index (χ2v) is 8.01. The van der Waals surface area contributed by atoms with Crippen LogP contribution in [0.3, 0.4) is 0 Å². The van der Waals surface area contributed by atoms with Crippen LogP contribution < -0.4 is 0 Å². The smallest absolute Gasteiger partial charge is 0.143 e. The quantitative estimate of drug-likeness (QED) is 0.701. The van der Waals surface area contributed by atoms with Gasteiger partial charge in [-0.3, -0.25) is 0 Å². The summed E-state index contributed by atoms with van der Waals surface area (Å²) in [6, 6.07) is 5.97. The lowest BCUT2D eigenvalue weighted by molar-refractivity contribution is 0.463. The largest absolute Gasteiger partial charge is 0.452 e. The highest BCUT2D eigenvalue weighted by Crippen LogP contribution is 2.45. The van der Waals surface area contributed by atoms with Crippen molar-refractivity contribution in [1.29, 1.82) is 5.26 Å². The Balaban J connectivity index is 2.96. The number of rotatable bonds is 2. The fourth-order valence-electron chi connectivity index (χ4n) is 0.987. The molecule has 0 saturated heterocycles. The van der Waals surface area contributed by atoms with Gasteiger partial charge in [0, 0.05) is 5.57 Å². The van der Waals surface area contributed by atoms with E-state index in [4.69, 9.17) is 9.68 Å². The highest BCUT2D eigenvalue weighted by Gasteiger charge is 2.11. The Morgan fingerprint density at radius 2 is 2.07 bits per heavy atom. The molecule has 0 saturated carbocycles. The van der Waals surface area contributed by atoms with Crippen molar-refractivity contribution in [2.75, 3.05) is 18.8 Å². The second kappa shape index (κ2) is 3.93. The molecule has 0 bridgehead atoms. The van der Waals surface area contributed by atoms with E-state index in [1.165, 1.54) is 0 Å². The summed E-state index contributed by atoms with van der Waals surface area (Å²) in [5, 5.41) is 9.63. The van der Waals surface area contributed by atoms with Crippen molar-refractivity contribution >= 4 is 16.1 Å². The van der Waals surface area contributed by atoms with E-state index in [-0.39, 0.29) is 0 Å². The fraction of sp³-hybridized carbons (Fsp3) is 0.364. The second-order valence-electron chi connectivity index (χ2n) is 3.93. The monoisotopic (exact) mass is 209 g/mol. The highest BCUT2D eigenvalue weighted by atomic mass is 32.3. The Morgan fingerprint density at radius 1 is 1.43 bits per heavy atom. The van der Waals surface area contributed by atoms with Crippen molar-refractivity contribution in [3.8, 4) is 6.07 Å². The molecule has 0 fully saturated rings. The molecule has 1 heterocycles. The summed E-state index contributed by atoms with van der Waals surface area (Å²) in [6.07, 6.45) is 8.29. The van der Waals surface area contributed by atoms with E-state index in [0.29, 0.717) is 5.57 Å². The van der Waals surface area contributed by atoms with Crippen molar-refractivity contribution in [3.05, 3.63) is 23.5 Å². The SMILES string of the molecule is C/C(C#N)=C/c1ccc(S(C)(C)C)o1. The van der Waals surface area contributed by atoms with Crippen molar-refractivity contribution in [2.45, 2.75) is 12.0 Å². The molecular weight excluding hydrogens is 194 g/mol. The molecule has 0 aromatic carbocycles. The molecule has 0 aliphatic heterocycles. The van der Waals surface area contributed by atoms with E-state index in [1.807, 2.05) is 12.1 Å². The van der Waals surface area contributed by atoms with Crippen LogP contribution in [0.15, 0.2) is 27.2 Å². The van der Waals surface area contributed by atoms with Gasteiger partial charge in [0.1, 0.15) is 10.9 Å². The Morgan fingerprint density at radius 3 is 2.50 bits per heavy atom. The van der Waals surface area contributed by atoms with Crippen LogP contribution in [-0.4, -0.2) is 18.8 Å². The van der Waals surface area contributed by atoms with Gasteiger partial charge in [0.2, 0.25) is 0 Å². The first-order chi connectivity index (χ1) is 6.43. The van der Waals surface area contributed by atoms with Crippen LogP contribution in [0.1, 0.15) is 12.7 Å². The van der Waals surface area contributed by atoms with Gasteiger partial charge < -0.3 is 4.42 Å². The van der Waals surface area contributed by atoms with E-state index >= 15 is 0 Å². The normalized spacial score (nSPS) is 13.8. The van der Waals surface area contributed by atoms with E-state index < -0.39 is 10.0 Å². The van der Waals surface area contributed by atoms with E-state index in [9.17, 15) is 0 Å². The standard InChI is InChI=1S/C11H15NOS/c1-9(8-12)7-10-5-6-11(13-10)14(2,3)4/h5-7H,1-4H3/b9-7-. The zero-order valence-electron chi connectivity index (χ0n) is 9.00. The number of allylic oxidation sites excluding steroid dienone is 1. The lowest BCUT2D eigenvalue weighted by atomic mass is 10.3. The van der Waals surface area contributed by atoms with Gasteiger partial charge in [-0.1, -0.05) is 0 Å². The molecule has 76 valence electrons. The number of hydrogen-bond donors (Lipinski definition) is 0. The molecule has 0 N–H and O–H groups in total. The molecule has 0 spiro atoms. The molecule has 0 amide bonds. The van der Waals surface area contributed by atoms with Gasteiger partial charge in [0.15, 0.2) is 0 Å². The highest BCUT2D eigenvalue weighted by molar-refractivity contribution is 8.32. The van der Waals surface area contributed by atoms with E-state index in [2.05, 4.69) is 24.8 Å². The molecule has 0 unspecified atom stereocenters. The first-order valence-corrected chi connectivity index (χ1v) is 7.16. The summed E-state index contributed by atoms with van der Waals surface area (Å²) < 4.78 is 5.63. The third-order valence-electron chi connectivity index (χ3n) is 1.74. The summed E-state index contributed by atoms with van der Waals surface area (Å²) in [6.45, 7) is 1.77. The van der Waals surface area contributed by atoms with E-state index in [1.54, 1.807) is 13.0 Å². The van der Waals surface area contributed by atoms with Gasteiger partial charge in [-0.25, -0.2) is 0 Å². The van der Waals surface area contributed by atoms with Gasteiger partial charge in [-0.15, -0.1) is 0 Å². The minimum atomic E-state index is -0.803. The molecule has 1 rings (SSSR count). The Labute approximate surface area is 86.5 Å². The third kappa shape index (κ3) is 2.68. The summed E-state index contributed by atoms with van der Waals surface area (Å²) in [5.41, 5.74) is 0.662. The minimum absolute atomic E-state index is 0.662. The zero-order valence-corrected chi connectivity index (χ0v) is 9.81. The van der Waals surface area contributed by atoms with Crippen LogP contribution in [0.25, 0.3) is 6.08 Å². The molecule has 3 heteroatoms. The van der Waals surface area contributed by atoms with Crippen LogP contribution in [-0.2, 0) is 0 Å². The molecule has 1 aromatic rings. The Hall–Kier alpha value is -1.14. The van der Waals surface area contributed by atoms with Gasteiger partial charge in [-0.2, -0.15) is 15.3 Å². The lowest BCUT2D eigenvalue weighted by Gasteiger charge is -2.21. The maximum Gasteiger partial charge on any atom is 0.143 e. The Kier molecular flexibility index (Phi) is 3.07. The first kappa shape index (κ1) is 10.9. The van der Waals surface area contributed by atoms with Crippen LogP contribution in [0.4, 0.5) is 0 Å². The fourth-order valence-corrected chi connectivity index (χ4v) is 1.81. The van der Waals surface area contributed by atoms with Crippen LogP contribution >= 0.6 is 10.0 Å². The summed E-state index contributed by atoms with van der Waals surface area (Å²) in [4.78, 5) is 0. The summed E-state index contributed by atoms with van der Waals surface area (Å²) >= 11 is 0. The topological polar surface area (TPSA) is 36.9 Å². The lowest BCUT2D eigenvalue weighted by Crippen LogP contribution is -1.89. The zero-order chi connectivity index (χ0) is 10.8. The van der Waals surface area contributed by atoms with Crippen molar-refractivity contribution in [2.24, 2.45) is 0 Å². The molecule has 0 atom stereocenters. The summed E-state index contributed by atoms with van der Waals surface area (Å²) in [5.74, 6) is 0.765. The molecule has 0 aliphatic rings. The van der Waals surface area contributed by atoms with Gasteiger partial charge in [-0.05, 0) is 43.9 Å². The number of nitriles is 1. The van der Waals surface area contributed by atoms with Crippen LogP contribution in [0.2, 0.25) is 0 Å². The average molecular weight is 209 g/mol. The predicted octanol–water partition coefficient (Wildman–Crippen LogP) is 3.26. The summed E-state index contributed by atoms with van der Waals surface area (Å²) in [7, 11) is -0.803. The van der Waals surface area contributed by atoms with Crippen molar-refractivity contribution in [1.82, 2.24) is 0 Å². The van der Waals surface area contributed by atoms with Crippen molar-refractivity contribution < 1.29 is 4.42 Å². The maximum absolute atomic E-state index is 8.61. The van der Waals surface area contributed by atoms with Gasteiger partial charge in [0.05, 0.1) is 6.07 Å². The molecule has 14 heavy (non-hydrogen) atoms. The van der Waals surface area contributed by atoms with E-state index in [0.717, 1.165) is 10.9 Å². The van der Waals surface area contributed by atoms with Gasteiger partial charge in [0.25, 0.3) is 0 Å². The van der Waals surface area contributed by atoms with Crippen molar-refractivity contribution in [3.63, 3.8) is 0 Å². The molecule has 0 radical (unpaired) electrons. The Bertz CT molecular complexity index is 390.